The molecule has 1 heterocycles. The number of benzene rings is 1. The van der Waals surface area contributed by atoms with E-state index in [-0.39, 0.29) is 5.69 Å². The molecule has 7 nitrogen and oxygen atoms in total. The van der Waals surface area contributed by atoms with E-state index in [9.17, 15) is 9.59 Å². The van der Waals surface area contributed by atoms with E-state index >= 15 is 0 Å². The summed E-state index contributed by atoms with van der Waals surface area (Å²) in [5.41, 5.74) is 6.14. The van der Waals surface area contributed by atoms with E-state index in [1.807, 2.05) is 0 Å². The van der Waals surface area contributed by atoms with Crippen molar-refractivity contribution in [3.8, 4) is 17.0 Å². The lowest BCUT2D eigenvalue weighted by atomic mass is 10.1. The molecule has 1 aromatic carbocycles. The number of primary amides is 1. The first-order valence-electron chi connectivity index (χ1n) is 5.28. The lowest BCUT2D eigenvalue weighted by Crippen LogP contribution is -2.12. The molecule has 3 N–H and O–H groups in total. The summed E-state index contributed by atoms with van der Waals surface area (Å²) in [4.78, 5) is 22.3. The van der Waals surface area contributed by atoms with Gasteiger partial charge in [0.1, 0.15) is 5.69 Å². The zero-order valence-electron chi connectivity index (χ0n) is 10.1. The molecule has 0 saturated carbocycles. The van der Waals surface area contributed by atoms with Crippen LogP contribution in [-0.4, -0.2) is 27.3 Å². The van der Waals surface area contributed by atoms with Gasteiger partial charge in [0.05, 0.1) is 8.95 Å². The van der Waals surface area contributed by atoms with Crippen LogP contribution in [-0.2, 0) is 4.79 Å². The predicted octanol–water partition coefficient (Wildman–Crippen LogP) is 2.02. The quantitative estimate of drug-likeness (QED) is 0.601. The second-order valence-corrected chi connectivity index (χ2v) is 5.46. The summed E-state index contributed by atoms with van der Waals surface area (Å²) in [5, 5.41) is 9.94. The molecule has 0 aliphatic carbocycles. The molecule has 2 aromatic rings. The lowest BCUT2D eigenvalue weighted by Gasteiger charge is -2.09. The van der Waals surface area contributed by atoms with Crippen LogP contribution in [0.25, 0.3) is 11.3 Å². The van der Waals surface area contributed by atoms with Crippen LogP contribution in [0.1, 0.15) is 17.4 Å². The zero-order chi connectivity index (χ0) is 14.9. The van der Waals surface area contributed by atoms with Crippen molar-refractivity contribution in [2.24, 2.45) is 5.73 Å². The zero-order valence-corrected chi connectivity index (χ0v) is 13.3. The number of ether oxygens (including phenoxy) is 1. The van der Waals surface area contributed by atoms with Crippen LogP contribution in [0.2, 0.25) is 0 Å². The van der Waals surface area contributed by atoms with Crippen molar-refractivity contribution in [3.05, 3.63) is 26.8 Å². The Bertz CT molecular complexity index is 676. The summed E-state index contributed by atoms with van der Waals surface area (Å²) < 4.78 is 6.10. The van der Waals surface area contributed by atoms with Gasteiger partial charge in [0.15, 0.2) is 11.4 Å². The van der Waals surface area contributed by atoms with Gasteiger partial charge in [-0.1, -0.05) is 0 Å². The molecule has 0 radical (unpaired) electrons. The number of hydrogen-bond acceptors (Lipinski definition) is 5. The van der Waals surface area contributed by atoms with Crippen molar-refractivity contribution >= 4 is 43.7 Å². The van der Waals surface area contributed by atoms with Crippen molar-refractivity contribution in [1.82, 2.24) is 15.4 Å². The first kappa shape index (κ1) is 14.7. The van der Waals surface area contributed by atoms with E-state index in [0.29, 0.717) is 26.0 Å². The van der Waals surface area contributed by atoms with Crippen molar-refractivity contribution < 1.29 is 14.3 Å². The van der Waals surface area contributed by atoms with Gasteiger partial charge in [-0.05, 0) is 44.0 Å². The number of nitrogens with zero attached hydrogens (tertiary/aromatic N) is 2. The van der Waals surface area contributed by atoms with Crippen LogP contribution in [0.4, 0.5) is 0 Å². The largest absolute Gasteiger partial charge is 0.424 e. The highest BCUT2D eigenvalue weighted by Gasteiger charge is 2.18. The van der Waals surface area contributed by atoms with Crippen LogP contribution in [0.3, 0.4) is 0 Å². The Balaban J connectivity index is 2.52. The number of aromatic nitrogens is 3. The minimum atomic E-state index is -0.690. The van der Waals surface area contributed by atoms with Crippen LogP contribution < -0.4 is 10.5 Å². The minimum Gasteiger partial charge on any atom is -0.424 e. The molecule has 0 saturated heterocycles. The van der Waals surface area contributed by atoms with E-state index < -0.39 is 11.9 Å². The predicted molar refractivity (Wildman–Crippen MR) is 77.0 cm³/mol. The number of H-pyrrole nitrogens is 1. The average Bonchev–Trinajstić information content (AvgIpc) is 2.82. The molecule has 0 aliphatic heterocycles. The maximum absolute atomic E-state index is 11.2. The van der Waals surface area contributed by atoms with Crippen molar-refractivity contribution in [2.45, 2.75) is 6.92 Å². The number of aromatic amines is 1. The molecule has 1 amide bonds. The number of hydrogen-bond donors (Lipinski definition) is 2. The molecule has 0 spiro atoms. The maximum atomic E-state index is 11.2. The van der Waals surface area contributed by atoms with Crippen LogP contribution >= 0.6 is 31.9 Å². The summed E-state index contributed by atoms with van der Waals surface area (Å²) in [5.74, 6) is -0.797. The van der Waals surface area contributed by atoms with Gasteiger partial charge in [-0.2, -0.15) is 15.4 Å². The number of amides is 1. The minimum absolute atomic E-state index is 0.0315. The molecule has 0 bridgehead atoms. The van der Waals surface area contributed by atoms with E-state index in [2.05, 4.69) is 47.3 Å². The number of carbonyl (C=O) groups is 2. The third kappa shape index (κ3) is 2.88. The van der Waals surface area contributed by atoms with E-state index in [4.69, 9.17) is 10.5 Å². The summed E-state index contributed by atoms with van der Waals surface area (Å²) in [6, 6.07) is 3.29. The maximum Gasteiger partial charge on any atom is 0.308 e. The molecular formula is C11H8Br2N4O3. The second kappa shape index (κ2) is 5.71. The van der Waals surface area contributed by atoms with Crippen molar-refractivity contribution in [2.75, 3.05) is 0 Å². The van der Waals surface area contributed by atoms with Gasteiger partial charge in [0.2, 0.25) is 0 Å². The molecule has 9 heteroatoms. The Labute approximate surface area is 130 Å². The Kier molecular flexibility index (Phi) is 4.19. The number of esters is 1. The van der Waals surface area contributed by atoms with E-state index in [1.165, 1.54) is 6.92 Å². The van der Waals surface area contributed by atoms with Gasteiger partial charge in [0, 0.05) is 12.5 Å². The van der Waals surface area contributed by atoms with Gasteiger partial charge in [-0.25, -0.2) is 0 Å². The third-order valence-corrected chi connectivity index (χ3v) is 3.48. The monoisotopic (exact) mass is 402 g/mol. The fourth-order valence-corrected chi connectivity index (χ4v) is 2.89. The molecule has 0 atom stereocenters. The number of halogens is 2. The number of nitrogens with one attached hydrogen (secondary N) is 1. The second-order valence-electron chi connectivity index (χ2n) is 3.75. The molecule has 0 unspecified atom stereocenters. The van der Waals surface area contributed by atoms with E-state index in [1.54, 1.807) is 12.1 Å². The molecule has 1 aromatic heterocycles. The number of carbonyl (C=O) groups excluding carboxylic acids is 2. The highest BCUT2D eigenvalue weighted by molar-refractivity contribution is 9.11. The molecule has 2 rings (SSSR count). The van der Waals surface area contributed by atoms with Crippen LogP contribution in [0, 0.1) is 0 Å². The molecular weight excluding hydrogens is 396 g/mol. The highest BCUT2D eigenvalue weighted by Crippen LogP contribution is 2.38. The molecule has 104 valence electrons. The molecule has 0 fully saturated rings. The number of rotatable bonds is 3. The van der Waals surface area contributed by atoms with Gasteiger partial charge >= 0.3 is 5.97 Å². The summed E-state index contributed by atoms with van der Waals surface area (Å²) in [7, 11) is 0. The molecule has 0 aliphatic rings. The van der Waals surface area contributed by atoms with Crippen molar-refractivity contribution in [3.63, 3.8) is 0 Å². The highest BCUT2D eigenvalue weighted by atomic mass is 79.9. The summed E-state index contributed by atoms with van der Waals surface area (Å²) in [6.07, 6.45) is 0. The van der Waals surface area contributed by atoms with Gasteiger partial charge in [0.25, 0.3) is 5.91 Å². The molecule has 20 heavy (non-hydrogen) atoms. The average molecular weight is 404 g/mol. The number of nitrogens with two attached hydrogens (primary N) is 1. The standard InChI is InChI=1S/C11H8Br2N4O3/c1-4(18)20-10-6(12)2-5(3-7(10)13)8-9(11(14)19)16-17-15-8/h2-3H,1H3,(H2,14,19)(H,15,16,17). The van der Waals surface area contributed by atoms with Gasteiger partial charge in [-0.15, -0.1) is 0 Å². The SMILES string of the molecule is CC(=O)Oc1c(Br)cc(-c2n[nH]nc2C(N)=O)cc1Br. The Hall–Kier alpha value is -1.74. The Morgan fingerprint density at radius 3 is 2.35 bits per heavy atom. The summed E-state index contributed by atoms with van der Waals surface area (Å²) in [6.45, 7) is 1.30. The van der Waals surface area contributed by atoms with Gasteiger partial charge < -0.3 is 10.5 Å². The van der Waals surface area contributed by atoms with Gasteiger partial charge in [-0.3, -0.25) is 9.59 Å². The Morgan fingerprint density at radius 2 is 1.85 bits per heavy atom. The first-order valence-corrected chi connectivity index (χ1v) is 6.87. The van der Waals surface area contributed by atoms with E-state index in [0.717, 1.165) is 0 Å². The van der Waals surface area contributed by atoms with Crippen LogP contribution in [0.15, 0.2) is 21.1 Å². The third-order valence-electron chi connectivity index (χ3n) is 2.30. The van der Waals surface area contributed by atoms with Crippen molar-refractivity contribution in [1.29, 1.82) is 0 Å². The first-order chi connectivity index (χ1) is 9.40. The smallest absolute Gasteiger partial charge is 0.308 e. The topological polar surface area (TPSA) is 111 Å². The fourth-order valence-electron chi connectivity index (χ4n) is 1.54. The Morgan fingerprint density at radius 1 is 1.25 bits per heavy atom. The lowest BCUT2D eigenvalue weighted by molar-refractivity contribution is -0.131. The normalized spacial score (nSPS) is 10.3. The fraction of sp³-hybridized carbons (Fsp3) is 0.0909. The summed E-state index contributed by atoms with van der Waals surface area (Å²) >= 11 is 6.58. The van der Waals surface area contributed by atoms with Crippen LogP contribution in [0.5, 0.6) is 5.75 Å².